The van der Waals surface area contributed by atoms with Crippen molar-refractivity contribution in [2.45, 2.75) is 19.9 Å². The summed E-state index contributed by atoms with van der Waals surface area (Å²) >= 11 is 0. The summed E-state index contributed by atoms with van der Waals surface area (Å²) in [6.45, 7) is 10.1. The van der Waals surface area contributed by atoms with Crippen molar-refractivity contribution >= 4 is 11.9 Å². The first-order chi connectivity index (χ1) is 10.7. The van der Waals surface area contributed by atoms with E-state index in [9.17, 15) is 0 Å². The van der Waals surface area contributed by atoms with Crippen molar-refractivity contribution in [1.29, 1.82) is 0 Å². The summed E-state index contributed by atoms with van der Waals surface area (Å²) in [5.74, 6) is 3.64. The van der Waals surface area contributed by atoms with Crippen LogP contribution in [0.15, 0.2) is 0 Å². The van der Waals surface area contributed by atoms with Gasteiger partial charge in [0.15, 0.2) is 0 Å². The molecule has 1 aromatic rings. The Labute approximate surface area is 130 Å². The Morgan fingerprint density at radius 1 is 0.955 bits per heavy atom. The third-order valence-electron chi connectivity index (χ3n) is 4.87. The molecule has 0 amide bonds. The quantitative estimate of drug-likeness (QED) is 0.788. The van der Waals surface area contributed by atoms with E-state index in [1.807, 2.05) is 6.92 Å². The molecule has 4 rings (SSSR count). The number of morpholine rings is 1. The van der Waals surface area contributed by atoms with Crippen LogP contribution >= 0.6 is 0 Å². The Morgan fingerprint density at radius 2 is 1.68 bits per heavy atom. The Morgan fingerprint density at radius 3 is 2.41 bits per heavy atom. The fourth-order valence-electron chi connectivity index (χ4n) is 3.60. The van der Waals surface area contributed by atoms with Crippen LogP contribution < -0.4 is 9.80 Å². The molecular weight excluding hydrogens is 282 g/mol. The van der Waals surface area contributed by atoms with E-state index in [0.717, 1.165) is 63.8 Å². The van der Waals surface area contributed by atoms with Crippen molar-refractivity contribution in [3.8, 4) is 0 Å². The van der Waals surface area contributed by atoms with Gasteiger partial charge in [-0.25, -0.2) is 0 Å². The van der Waals surface area contributed by atoms with Gasteiger partial charge in [-0.05, 0) is 13.8 Å². The van der Waals surface area contributed by atoms with Crippen molar-refractivity contribution in [3.05, 3.63) is 5.82 Å². The van der Waals surface area contributed by atoms with E-state index >= 15 is 0 Å². The zero-order valence-corrected chi connectivity index (χ0v) is 13.2. The zero-order valence-electron chi connectivity index (χ0n) is 13.2. The lowest BCUT2D eigenvalue weighted by Gasteiger charge is -2.33. The number of fused-ring (bicyclic) bond motifs is 1. The summed E-state index contributed by atoms with van der Waals surface area (Å²) in [6.07, 6.45) is 0. The number of aromatic nitrogens is 3. The lowest BCUT2D eigenvalue weighted by Crippen LogP contribution is -2.45. The van der Waals surface area contributed by atoms with E-state index in [0.29, 0.717) is 17.9 Å². The fourth-order valence-corrected chi connectivity index (χ4v) is 3.60. The van der Waals surface area contributed by atoms with E-state index in [2.05, 4.69) is 26.7 Å². The number of aryl methyl sites for hydroxylation is 1. The molecule has 0 N–H and O–H groups in total. The van der Waals surface area contributed by atoms with Gasteiger partial charge in [-0.3, -0.25) is 0 Å². The second-order valence-corrected chi connectivity index (χ2v) is 6.56. The Hall–Kier alpha value is -1.47. The summed E-state index contributed by atoms with van der Waals surface area (Å²) in [4.78, 5) is 18.4. The molecule has 1 aromatic heterocycles. The second kappa shape index (κ2) is 5.62. The summed E-state index contributed by atoms with van der Waals surface area (Å²) < 4.78 is 11.1. The summed E-state index contributed by atoms with van der Waals surface area (Å²) in [7, 11) is 0. The standard InChI is InChI=1S/C15H23N5O2/c1-10-7-21-4-3-20(10)15-17-11(2)16-14(18-15)19-5-12-8-22-9-13(12)6-19/h10,12-13H,3-9H2,1-2H3/t10-,12?,13?/m1/s1. The largest absolute Gasteiger partial charge is 0.381 e. The van der Waals surface area contributed by atoms with Crippen LogP contribution in [0.4, 0.5) is 11.9 Å². The highest BCUT2D eigenvalue weighted by atomic mass is 16.5. The summed E-state index contributed by atoms with van der Waals surface area (Å²) in [6, 6.07) is 0.301. The average Bonchev–Trinajstić information content (AvgIpc) is 3.08. The molecule has 120 valence electrons. The van der Waals surface area contributed by atoms with Gasteiger partial charge in [0.1, 0.15) is 5.82 Å². The third-order valence-corrected chi connectivity index (χ3v) is 4.87. The topological polar surface area (TPSA) is 63.6 Å². The second-order valence-electron chi connectivity index (χ2n) is 6.56. The van der Waals surface area contributed by atoms with Gasteiger partial charge in [-0.15, -0.1) is 0 Å². The number of hydrogen-bond donors (Lipinski definition) is 0. The number of nitrogens with zero attached hydrogens (tertiary/aromatic N) is 5. The van der Waals surface area contributed by atoms with E-state index < -0.39 is 0 Å². The maximum absolute atomic E-state index is 5.55. The van der Waals surface area contributed by atoms with Gasteiger partial charge < -0.3 is 19.3 Å². The molecule has 0 bridgehead atoms. The van der Waals surface area contributed by atoms with E-state index in [1.165, 1.54) is 0 Å². The van der Waals surface area contributed by atoms with E-state index in [4.69, 9.17) is 14.5 Å². The minimum absolute atomic E-state index is 0.301. The average molecular weight is 305 g/mol. The van der Waals surface area contributed by atoms with Crippen molar-refractivity contribution in [2.75, 3.05) is 55.9 Å². The van der Waals surface area contributed by atoms with Crippen LogP contribution in [0.25, 0.3) is 0 Å². The normalized spacial score (nSPS) is 31.6. The van der Waals surface area contributed by atoms with Crippen molar-refractivity contribution in [2.24, 2.45) is 11.8 Å². The molecular formula is C15H23N5O2. The van der Waals surface area contributed by atoms with Crippen molar-refractivity contribution < 1.29 is 9.47 Å². The van der Waals surface area contributed by atoms with E-state index in [-0.39, 0.29) is 0 Å². The Bertz CT molecular complexity index is 543. The lowest BCUT2D eigenvalue weighted by molar-refractivity contribution is 0.0980. The third kappa shape index (κ3) is 2.52. The first-order valence-electron chi connectivity index (χ1n) is 8.10. The van der Waals surface area contributed by atoms with Gasteiger partial charge >= 0.3 is 0 Å². The molecule has 0 spiro atoms. The molecule has 7 heteroatoms. The molecule has 2 unspecified atom stereocenters. The minimum atomic E-state index is 0.301. The highest BCUT2D eigenvalue weighted by molar-refractivity contribution is 5.41. The molecule has 0 aromatic carbocycles. The minimum Gasteiger partial charge on any atom is -0.381 e. The molecule has 3 atom stereocenters. The SMILES string of the molecule is Cc1nc(N2CC3COCC3C2)nc(N2CCOC[C@H]2C)n1. The van der Waals surface area contributed by atoms with Crippen LogP contribution in [-0.2, 0) is 9.47 Å². The molecule has 3 fully saturated rings. The van der Waals surface area contributed by atoms with Crippen LogP contribution in [0, 0.1) is 18.8 Å². The van der Waals surface area contributed by atoms with Crippen LogP contribution in [0.5, 0.6) is 0 Å². The maximum Gasteiger partial charge on any atom is 0.230 e. The number of rotatable bonds is 2. The molecule has 3 aliphatic rings. The zero-order chi connectivity index (χ0) is 15.1. The molecule has 7 nitrogen and oxygen atoms in total. The Kier molecular flexibility index (Phi) is 3.62. The van der Waals surface area contributed by atoms with Crippen LogP contribution in [-0.4, -0.2) is 67.1 Å². The monoisotopic (exact) mass is 305 g/mol. The smallest absolute Gasteiger partial charge is 0.230 e. The first-order valence-corrected chi connectivity index (χ1v) is 8.10. The number of hydrogen-bond acceptors (Lipinski definition) is 7. The van der Waals surface area contributed by atoms with Gasteiger partial charge in [-0.1, -0.05) is 0 Å². The van der Waals surface area contributed by atoms with Gasteiger partial charge in [0.05, 0.1) is 32.5 Å². The summed E-state index contributed by atoms with van der Waals surface area (Å²) in [5.41, 5.74) is 0. The summed E-state index contributed by atoms with van der Waals surface area (Å²) in [5, 5.41) is 0. The predicted molar refractivity (Wildman–Crippen MR) is 82.2 cm³/mol. The van der Waals surface area contributed by atoms with Gasteiger partial charge in [0.2, 0.25) is 11.9 Å². The van der Waals surface area contributed by atoms with Crippen LogP contribution in [0.2, 0.25) is 0 Å². The Balaban J connectivity index is 1.58. The lowest BCUT2D eigenvalue weighted by atomic mass is 10.0. The van der Waals surface area contributed by atoms with Crippen LogP contribution in [0.3, 0.4) is 0 Å². The molecule has 0 radical (unpaired) electrons. The predicted octanol–water partition coefficient (Wildman–Crippen LogP) is 0.488. The van der Waals surface area contributed by atoms with Gasteiger partial charge in [0, 0.05) is 31.5 Å². The van der Waals surface area contributed by atoms with E-state index in [1.54, 1.807) is 0 Å². The molecule has 0 saturated carbocycles. The fraction of sp³-hybridized carbons (Fsp3) is 0.800. The molecule has 3 saturated heterocycles. The molecule has 0 aliphatic carbocycles. The van der Waals surface area contributed by atoms with Gasteiger partial charge in [-0.2, -0.15) is 15.0 Å². The van der Waals surface area contributed by atoms with Crippen LogP contribution in [0.1, 0.15) is 12.7 Å². The van der Waals surface area contributed by atoms with Crippen molar-refractivity contribution in [1.82, 2.24) is 15.0 Å². The molecule has 3 aliphatic heterocycles. The number of anilines is 2. The van der Waals surface area contributed by atoms with Gasteiger partial charge in [0.25, 0.3) is 0 Å². The molecule has 4 heterocycles. The number of ether oxygens (including phenoxy) is 2. The highest BCUT2D eigenvalue weighted by Crippen LogP contribution is 2.31. The maximum atomic E-state index is 5.55. The van der Waals surface area contributed by atoms with Crippen molar-refractivity contribution in [3.63, 3.8) is 0 Å². The molecule has 22 heavy (non-hydrogen) atoms. The highest BCUT2D eigenvalue weighted by Gasteiger charge is 2.38. The first kappa shape index (κ1) is 14.1.